The third-order valence-corrected chi connectivity index (χ3v) is 3.23. The van der Waals surface area contributed by atoms with Gasteiger partial charge in [-0.3, -0.25) is 0 Å². The molecule has 0 unspecified atom stereocenters. The Morgan fingerprint density at radius 2 is 1.30 bits per heavy atom. The molecule has 0 rings (SSSR count). The fourth-order valence-electron chi connectivity index (χ4n) is 1.97. The highest BCUT2D eigenvalue weighted by Gasteiger charge is 1.93. The third-order valence-electron chi connectivity index (χ3n) is 3.23. The van der Waals surface area contributed by atoms with Crippen LogP contribution in [-0.2, 0) is 4.79 Å². The van der Waals surface area contributed by atoms with Crippen molar-refractivity contribution < 1.29 is 4.79 Å². The summed E-state index contributed by atoms with van der Waals surface area (Å²) in [4.78, 5) is 10.8. The Morgan fingerprint density at radius 3 is 1.90 bits per heavy atom. The van der Waals surface area contributed by atoms with Gasteiger partial charge in [-0.1, -0.05) is 75.5 Å². The van der Waals surface area contributed by atoms with E-state index in [1.54, 1.807) is 6.92 Å². The number of carbonyl (C=O) groups is 1. The van der Waals surface area contributed by atoms with Gasteiger partial charge in [-0.2, -0.15) is 0 Å². The topological polar surface area (TPSA) is 17.1 Å². The van der Waals surface area contributed by atoms with Crippen molar-refractivity contribution >= 4 is 5.78 Å². The second-order valence-corrected chi connectivity index (χ2v) is 5.39. The van der Waals surface area contributed by atoms with Gasteiger partial charge < -0.3 is 4.79 Å². The summed E-state index contributed by atoms with van der Waals surface area (Å²) < 4.78 is 0. The van der Waals surface area contributed by atoms with E-state index in [-0.39, 0.29) is 0 Å². The zero-order valence-electron chi connectivity index (χ0n) is 13.4. The quantitative estimate of drug-likeness (QED) is 0.290. The molecule has 0 saturated heterocycles. The highest BCUT2D eigenvalue weighted by Crippen LogP contribution is 2.07. The summed E-state index contributed by atoms with van der Waals surface area (Å²) in [6.07, 6.45) is 24.7. The van der Waals surface area contributed by atoms with Gasteiger partial charge in [-0.05, 0) is 32.6 Å². The smallest absolute Gasteiger partial charge is 0.129 e. The zero-order valence-corrected chi connectivity index (χ0v) is 13.4. The SMILES string of the molecule is CCCC/C=C/C=C/C=C\CCCCCCCC(C)=O. The second kappa shape index (κ2) is 15.9. The van der Waals surface area contributed by atoms with Crippen molar-refractivity contribution in [2.24, 2.45) is 0 Å². The molecular formula is C19H32O. The van der Waals surface area contributed by atoms with E-state index in [1.807, 2.05) is 0 Å². The van der Waals surface area contributed by atoms with Crippen LogP contribution in [0.4, 0.5) is 0 Å². The fourth-order valence-corrected chi connectivity index (χ4v) is 1.97. The standard InChI is InChI=1S/C19H32O/c1-3-4-5-6-7-8-9-10-11-12-13-14-15-16-17-18-19(2)20/h6-11H,3-5,12-18H2,1-2H3/b7-6+,9-8+,11-10-. The van der Waals surface area contributed by atoms with Crippen molar-refractivity contribution in [2.75, 3.05) is 0 Å². The van der Waals surface area contributed by atoms with Crippen LogP contribution in [0.3, 0.4) is 0 Å². The number of ketones is 1. The van der Waals surface area contributed by atoms with Crippen LogP contribution in [0.15, 0.2) is 36.5 Å². The van der Waals surface area contributed by atoms with Crippen LogP contribution in [0.2, 0.25) is 0 Å². The van der Waals surface area contributed by atoms with E-state index in [1.165, 1.54) is 44.9 Å². The van der Waals surface area contributed by atoms with Crippen LogP contribution in [0.25, 0.3) is 0 Å². The van der Waals surface area contributed by atoms with Crippen LogP contribution in [0.5, 0.6) is 0 Å². The lowest BCUT2D eigenvalue weighted by Crippen LogP contribution is -1.89. The van der Waals surface area contributed by atoms with Crippen LogP contribution in [0.1, 0.15) is 78.1 Å². The van der Waals surface area contributed by atoms with E-state index < -0.39 is 0 Å². The Hall–Kier alpha value is -1.11. The number of Topliss-reactive ketones (excluding diaryl/α,β-unsaturated/α-hetero) is 1. The Kier molecular flexibility index (Phi) is 15.1. The number of carbonyl (C=O) groups excluding carboxylic acids is 1. The summed E-state index contributed by atoms with van der Waals surface area (Å²) in [6.45, 7) is 3.90. The summed E-state index contributed by atoms with van der Waals surface area (Å²) in [6, 6.07) is 0. The second-order valence-electron chi connectivity index (χ2n) is 5.39. The van der Waals surface area contributed by atoms with Gasteiger partial charge in [0.25, 0.3) is 0 Å². The molecule has 0 heterocycles. The first kappa shape index (κ1) is 18.9. The maximum absolute atomic E-state index is 10.8. The van der Waals surface area contributed by atoms with Crippen molar-refractivity contribution in [1.82, 2.24) is 0 Å². The summed E-state index contributed by atoms with van der Waals surface area (Å²) in [5.41, 5.74) is 0. The van der Waals surface area contributed by atoms with E-state index in [0.717, 1.165) is 19.3 Å². The molecule has 0 saturated carbocycles. The molecule has 0 aromatic carbocycles. The van der Waals surface area contributed by atoms with Gasteiger partial charge in [0.2, 0.25) is 0 Å². The molecule has 1 nitrogen and oxygen atoms in total. The van der Waals surface area contributed by atoms with Crippen LogP contribution < -0.4 is 0 Å². The van der Waals surface area contributed by atoms with Crippen molar-refractivity contribution in [2.45, 2.75) is 78.1 Å². The summed E-state index contributed by atoms with van der Waals surface area (Å²) in [5.74, 6) is 0.323. The van der Waals surface area contributed by atoms with Crippen LogP contribution in [-0.4, -0.2) is 5.78 Å². The molecule has 1 heteroatoms. The number of unbranched alkanes of at least 4 members (excludes halogenated alkanes) is 7. The molecule has 0 bridgehead atoms. The van der Waals surface area contributed by atoms with E-state index >= 15 is 0 Å². The normalized spacial score (nSPS) is 12.1. The molecule has 0 N–H and O–H groups in total. The number of allylic oxidation sites excluding steroid dienone is 6. The first-order chi connectivity index (χ1) is 9.77. The molecular weight excluding hydrogens is 244 g/mol. The predicted molar refractivity (Wildman–Crippen MR) is 89.9 cm³/mol. The van der Waals surface area contributed by atoms with Gasteiger partial charge >= 0.3 is 0 Å². The van der Waals surface area contributed by atoms with Gasteiger partial charge in [0, 0.05) is 6.42 Å². The lowest BCUT2D eigenvalue weighted by molar-refractivity contribution is -0.117. The maximum atomic E-state index is 10.8. The number of hydrogen-bond acceptors (Lipinski definition) is 1. The Labute approximate surface area is 125 Å². The molecule has 0 spiro atoms. The first-order valence-corrected chi connectivity index (χ1v) is 8.25. The molecule has 0 aliphatic heterocycles. The average molecular weight is 276 g/mol. The van der Waals surface area contributed by atoms with Crippen LogP contribution >= 0.6 is 0 Å². The Morgan fingerprint density at radius 1 is 0.750 bits per heavy atom. The van der Waals surface area contributed by atoms with Crippen molar-refractivity contribution in [3.63, 3.8) is 0 Å². The molecule has 0 aromatic rings. The van der Waals surface area contributed by atoms with Gasteiger partial charge in [-0.15, -0.1) is 0 Å². The van der Waals surface area contributed by atoms with Gasteiger partial charge in [0.15, 0.2) is 0 Å². The van der Waals surface area contributed by atoms with E-state index in [4.69, 9.17) is 0 Å². The zero-order chi connectivity index (χ0) is 14.9. The summed E-state index contributed by atoms with van der Waals surface area (Å²) >= 11 is 0. The van der Waals surface area contributed by atoms with Gasteiger partial charge in [0.1, 0.15) is 5.78 Å². The Bertz CT molecular complexity index is 297. The molecule has 0 radical (unpaired) electrons. The van der Waals surface area contributed by atoms with E-state index in [2.05, 4.69) is 43.4 Å². The van der Waals surface area contributed by atoms with Crippen molar-refractivity contribution in [3.05, 3.63) is 36.5 Å². The first-order valence-electron chi connectivity index (χ1n) is 8.25. The Balaban J connectivity index is 3.29. The van der Waals surface area contributed by atoms with Gasteiger partial charge in [0.05, 0.1) is 0 Å². The minimum Gasteiger partial charge on any atom is -0.300 e. The van der Waals surface area contributed by atoms with Crippen molar-refractivity contribution in [1.29, 1.82) is 0 Å². The van der Waals surface area contributed by atoms with E-state index in [0.29, 0.717) is 5.78 Å². The number of rotatable bonds is 13. The molecule has 0 aliphatic carbocycles. The fraction of sp³-hybridized carbons (Fsp3) is 0.632. The predicted octanol–water partition coefficient (Wildman–Crippen LogP) is 6.16. The number of hydrogen-bond donors (Lipinski definition) is 0. The molecule has 0 aliphatic rings. The average Bonchev–Trinajstić information content (AvgIpc) is 2.43. The molecule has 0 fully saturated rings. The van der Waals surface area contributed by atoms with E-state index in [9.17, 15) is 4.79 Å². The minimum atomic E-state index is 0.323. The highest BCUT2D eigenvalue weighted by molar-refractivity contribution is 5.75. The maximum Gasteiger partial charge on any atom is 0.129 e. The monoisotopic (exact) mass is 276 g/mol. The lowest BCUT2D eigenvalue weighted by atomic mass is 10.1. The van der Waals surface area contributed by atoms with Crippen molar-refractivity contribution in [3.8, 4) is 0 Å². The molecule has 20 heavy (non-hydrogen) atoms. The summed E-state index contributed by atoms with van der Waals surface area (Å²) in [7, 11) is 0. The minimum absolute atomic E-state index is 0.323. The lowest BCUT2D eigenvalue weighted by Gasteiger charge is -1.98. The molecule has 114 valence electrons. The van der Waals surface area contributed by atoms with Gasteiger partial charge in [-0.25, -0.2) is 0 Å². The largest absolute Gasteiger partial charge is 0.300 e. The van der Waals surface area contributed by atoms with Crippen LogP contribution in [0, 0.1) is 0 Å². The molecule has 0 atom stereocenters. The molecule has 0 amide bonds. The molecule has 0 aromatic heterocycles. The summed E-state index contributed by atoms with van der Waals surface area (Å²) in [5, 5.41) is 0. The highest BCUT2D eigenvalue weighted by atomic mass is 16.1. The third kappa shape index (κ3) is 16.9.